The van der Waals surface area contributed by atoms with Crippen molar-refractivity contribution in [3.8, 4) is 0 Å². The quantitative estimate of drug-likeness (QED) is 0.833. The Balaban J connectivity index is 1.47. The van der Waals surface area contributed by atoms with Gasteiger partial charge in [-0.25, -0.2) is 4.98 Å². The van der Waals surface area contributed by atoms with Gasteiger partial charge in [0.25, 0.3) is 0 Å². The van der Waals surface area contributed by atoms with Gasteiger partial charge >= 0.3 is 0 Å². The van der Waals surface area contributed by atoms with E-state index in [0.29, 0.717) is 0 Å². The maximum Gasteiger partial charge on any atom is 0.227 e. The summed E-state index contributed by atoms with van der Waals surface area (Å²) < 4.78 is 2.16. The van der Waals surface area contributed by atoms with E-state index < -0.39 is 0 Å². The summed E-state index contributed by atoms with van der Waals surface area (Å²) in [7, 11) is 0. The lowest BCUT2D eigenvalue weighted by Crippen LogP contribution is -2.29. The first kappa shape index (κ1) is 14.8. The predicted octanol–water partition coefficient (Wildman–Crippen LogP) is 2.68. The summed E-state index contributed by atoms with van der Waals surface area (Å²) in [4.78, 5) is 16.7. The topological polar surface area (TPSA) is 46.9 Å². The highest BCUT2D eigenvalue weighted by Gasteiger charge is 2.27. The van der Waals surface area contributed by atoms with Gasteiger partial charge < -0.3 is 9.88 Å². The second-order valence-corrected chi connectivity index (χ2v) is 5.83. The number of hydrogen-bond acceptors (Lipinski definition) is 2. The zero-order chi connectivity index (χ0) is 15.4. The van der Waals surface area contributed by atoms with Gasteiger partial charge in [0.05, 0.1) is 5.92 Å². The molecule has 1 aromatic heterocycles. The van der Waals surface area contributed by atoms with Crippen molar-refractivity contribution in [1.82, 2.24) is 14.9 Å². The number of nitrogens with zero attached hydrogens (tertiary/aromatic N) is 2. The molecular formula is C18H23N3O. The number of fused-ring (bicyclic) bond motifs is 1. The largest absolute Gasteiger partial charge is 0.356 e. The van der Waals surface area contributed by atoms with Crippen LogP contribution in [0.4, 0.5) is 0 Å². The molecule has 1 atom stereocenters. The summed E-state index contributed by atoms with van der Waals surface area (Å²) in [6, 6.07) is 8.30. The second-order valence-electron chi connectivity index (χ2n) is 5.83. The van der Waals surface area contributed by atoms with E-state index in [1.807, 2.05) is 18.5 Å². The molecule has 116 valence electrons. The van der Waals surface area contributed by atoms with Gasteiger partial charge in [0.2, 0.25) is 5.91 Å². The average Bonchev–Trinajstić information content (AvgIpc) is 3.17. The molecule has 22 heavy (non-hydrogen) atoms. The van der Waals surface area contributed by atoms with Gasteiger partial charge in [-0.2, -0.15) is 0 Å². The van der Waals surface area contributed by atoms with Gasteiger partial charge in [-0.1, -0.05) is 31.2 Å². The fourth-order valence-electron chi connectivity index (χ4n) is 3.27. The molecule has 1 amide bonds. The van der Waals surface area contributed by atoms with Crippen LogP contribution in [0.25, 0.3) is 0 Å². The molecule has 0 unspecified atom stereocenters. The first-order valence-electron chi connectivity index (χ1n) is 8.15. The molecule has 0 bridgehead atoms. The van der Waals surface area contributed by atoms with Crippen molar-refractivity contribution in [3.05, 3.63) is 53.6 Å². The van der Waals surface area contributed by atoms with Crippen molar-refractivity contribution in [2.75, 3.05) is 6.54 Å². The second kappa shape index (κ2) is 6.77. The fraction of sp³-hybridized carbons (Fsp3) is 0.444. The number of imidazole rings is 1. The van der Waals surface area contributed by atoms with E-state index in [0.717, 1.165) is 44.6 Å². The minimum atomic E-state index is 0.0376. The number of carbonyl (C=O) groups is 1. The van der Waals surface area contributed by atoms with Crippen molar-refractivity contribution in [2.24, 2.45) is 0 Å². The van der Waals surface area contributed by atoms with E-state index in [4.69, 9.17) is 0 Å². The molecule has 0 aliphatic heterocycles. The number of aromatic nitrogens is 2. The molecule has 0 spiro atoms. The Morgan fingerprint density at radius 2 is 2.27 bits per heavy atom. The molecule has 2 aromatic rings. The smallest absolute Gasteiger partial charge is 0.227 e. The van der Waals surface area contributed by atoms with E-state index in [9.17, 15) is 4.79 Å². The van der Waals surface area contributed by atoms with E-state index in [2.05, 4.69) is 40.0 Å². The van der Waals surface area contributed by atoms with Crippen LogP contribution in [0.1, 0.15) is 42.6 Å². The third-order valence-electron chi connectivity index (χ3n) is 4.44. The lowest BCUT2D eigenvalue weighted by Gasteiger charge is -2.13. The van der Waals surface area contributed by atoms with Gasteiger partial charge in [0.1, 0.15) is 5.82 Å². The van der Waals surface area contributed by atoms with Crippen LogP contribution in [-0.4, -0.2) is 22.0 Å². The molecule has 0 fully saturated rings. The summed E-state index contributed by atoms with van der Waals surface area (Å²) in [6.45, 7) is 3.74. The van der Waals surface area contributed by atoms with Gasteiger partial charge in [-0.05, 0) is 30.4 Å². The van der Waals surface area contributed by atoms with Crippen molar-refractivity contribution in [2.45, 2.75) is 45.1 Å². The van der Waals surface area contributed by atoms with Crippen LogP contribution in [0, 0.1) is 0 Å². The Labute approximate surface area is 131 Å². The maximum absolute atomic E-state index is 12.4. The fourth-order valence-corrected chi connectivity index (χ4v) is 3.27. The van der Waals surface area contributed by atoms with Gasteiger partial charge in [0.15, 0.2) is 0 Å². The molecule has 0 saturated carbocycles. The van der Waals surface area contributed by atoms with Gasteiger partial charge in [-0.3, -0.25) is 4.79 Å². The first-order chi connectivity index (χ1) is 10.8. The summed E-state index contributed by atoms with van der Waals surface area (Å²) in [6.07, 6.45) is 7.68. The first-order valence-corrected chi connectivity index (χ1v) is 8.15. The van der Waals surface area contributed by atoms with Crippen molar-refractivity contribution in [1.29, 1.82) is 0 Å². The average molecular weight is 297 g/mol. The number of benzene rings is 1. The Morgan fingerprint density at radius 1 is 1.41 bits per heavy atom. The molecule has 4 nitrogen and oxygen atoms in total. The van der Waals surface area contributed by atoms with E-state index in [-0.39, 0.29) is 11.8 Å². The molecule has 1 heterocycles. The summed E-state index contributed by atoms with van der Waals surface area (Å²) >= 11 is 0. The van der Waals surface area contributed by atoms with Crippen LogP contribution in [0.3, 0.4) is 0 Å². The number of hydrogen-bond donors (Lipinski definition) is 1. The van der Waals surface area contributed by atoms with Gasteiger partial charge in [0, 0.05) is 31.9 Å². The molecular weight excluding hydrogens is 274 g/mol. The van der Waals surface area contributed by atoms with Crippen molar-refractivity contribution in [3.63, 3.8) is 0 Å². The zero-order valence-electron chi connectivity index (χ0n) is 13.1. The number of rotatable bonds is 6. The Bertz CT molecular complexity index is 647. The molecule has 0 saturated heterocycles. The molecule has 1 aliphatic carbocycles. The third kappa shape index (κ3) is 3.06. The van der Waals surface area contributed by atoms with Crippen molar-refractivity contribution < 1.29 is 4.79 Å². The highest BCUT2D eigenvalue weighted by atomic mass is 16.1. The van der Waals surface area contributed by atoms with Crippen LogP contribution < -0.4 is 5.32 Å². The van der Waals surface area contributed by atoms with Crippen LogP contribution in [-0.2, 0) is 24.2 Å². The van der Waals surface area contributed by atoms with Crippen LogP contribution in [0.15, 0.2) is 36.7 Å². The summed E-state index contributed by atoms with van der Waals surface area (Å²) in [5, 5.41) is 3.09. The van der Waals surface area contributed by atoms with E-state index in [1.54, 1.807) is 0 Å². The monoisotopic (exact) mass is 297 g/mol. The predicted molar refractivity (Wildman–Crippen MR) is 86.7 cm³/mol. The molecule has 0 radical (unpaired) electrons. The molecule has 1 aliphatic rings. The normalized spacial score (nSPS) is 16.5. The highest BCUT2D eigenvalue weighted by Crippen LogP contribution is 2.32. The molecule has 1 N–H and O–H groups in total. The maximum atomic E-state index is 12.4. The lowest BCUT2D eigenvalue weighted by molar-refractivity contribution is -0.122. The zero-order valence-corrected chi connectivity index (χ0v) is 13.1. The van der Waals surface area contributed by atoms with Crippen LogP contribution >= 0.6 is 0 Å². The third-order valence-corrected chi connectivity index (χ3v) is 4.44. The Hall–Kier alpha value is -2.10. The molecule has 4 heteroatoms. The molecule has 3 rings (SSSR count). The van der Waals surface area contributed by atoms with Crippen LogP contribution in [0.2, 0.25) is 0 Å². The number of nitrogens with one attached hydrogen (secondary N) is 1. The van der Waals surface area contributed by atoms with E-state index in [1.165, 1.54) is 11.1 Å². The minimum absolute atomic E-state index is 0.0376. The summed E-state index contributed by atoms with van der Waals surface area (Å²) in [5.41, 5.74) is 2.54. The standard InChI is InChI=1S/C18H23N3O/c1-2-17-19-11-13-21(17)12-5-10-20-18(22)16-9-8-14-6-3-4-7-15(14)16/h3-4,6-7,11,13,16H,2,5,8-10,12H2,1H3,(H,20,22)/t16-/m1/s1. The number of aryl methyl sites for hydroxylation is 3. The van der Waals surface area contributed by atoms with Crippen LogP contribution in [0.5, 0.6) is 0 Å². The highest BCUT2D eigenvalue weighted by molar-refractivity contribution is 5.84. The SMILES string of the molecule is CCc1nccn1CCCNC(=O)[C@@H]1CCc2ccccc21. The minimum Gasteiger partial charge on any atom is -0.356 e. The molecule has 1 aromatic carbocycles. The van der Waals surface area contributed by atoms with E-state index >= 15 is 0 Å². The number of amides is 1. The number of carbonyl (C=O) groups excluding carboxylic acids is 1. The summed E-state index contributed by atoms with van der Waals surface area (Å²) in [5.74, 6) is 1.32. The van der Waals surface area contributed by atoms with Gasteiger partial charge in [-0.15, -0.1) is 0 Å². The Kier molecular flexibility index (Phi) is 4.56. The van der Waals surface area contributed by atoms with Crippen molar-refractivity contribution >= 4 is 5.91 Å². The Morgan fingerprint density at radius 3 is 3.14 bits per heavy atom. The lowest BCUT2D eigenvalue weighted by atomic mass is 10.0.